The molecule has 1 heterocycles. The van der Waals surface area contributed by atoms with E-state index in [0.29, 0.717) is 5.52 Å². The Morgan fingerprint density at radius 3 is 2.70 bits per heavy atom. The molecule has 27 heavy (non-hydrogen) atoms. The summed E-state index contributed by atoms with van der Waals surface area (Å²) in [5.41, 5.74) is 0.264. The van der Waals surface area contributed by atoms with Gasteiger partial charge in [0, 0.05) is 16.5 Å². The molecule has 1 amide bonds. The highest BCUT2D eigenvalue weighted by molar-refractivity contribution is 6.31. The lowest BCUT2D eigenvalue weighted by molar-refractivity contribution is -0.383. The number of fused-ring (bicyclic) bond motifs is 1. The van der Waals surface area contributed by atoms with Gasteiger partial charge in [-0.2, -0.15) is 0 Å². The summed E-state index contributed by atoms with van der Waals surface area (Å²) in [5.74, 6) is -1.50. The fraction of sp³-hybridized carbons (Fsp3) is 0.0556. The number of carbonyl (C=O) groups excluding carboxylic acids is 2. The maximum absolute atomic E-state index is 12.1. The van der Waals surface area contributed by atoms with Crippen molar-refractivity contribution >= 4 is 45.8 Å². The molecule has 0 radical (unpaired) electrons. The number of halogens is 1. The summed E-state index contributed by atoms with van der Waals surface area (Å²) in [5, 5.41) is 14.4. The zero-order valence-corrected chi connectivity index (χ0v) is 14.5. The van der Waals surface area contributed by atoms with Gasteiger partial charge in [-0.15, -0.1) is 0 Å². The Morgan fingerprint density at radius 2 is 1.93 bits per heavy atom. The molecule has 0 saturated carbocycles. The highest BCUT2D eigenvalue weighted by Crippen LogP contribution is 2.27. The van der Waals surface area contributed by atoms with E-state index >= 15 is 0 Å². The molecule has 0 fully saturated rings. The van der Waals surface area contributed by atoms with Crippen molar-refractivity contribution in [3.8, 4) is 0 Å². The molecule has 0 aliphatic carbocycles. The van der Waals surface area contributed by atoms with Crippen molar-refractivity contribution in [1.82, 2.24) is 4.98 Å². The van der Waals surface area contributed by atoms with E-state index in [2.05, 4.69) is 10.3 Å². The zero-order chi connectivity index (χ0) is 19.4. The van der Waals surface area contributed by atoms with Gasteiger partial charge in [0.2, 0.25) is 0 Å². The summed E-state index contributed by atoms with van der Waals surface area (Å²) < 4.78 is 4.93. The van der Waals surface area contributed by atoms with E-state index in [0.717, 1.165) is 11.5 Å². The van der Waals surface area contributed by atoms with E-state index in [-0.39, 0.29) is 22.1 Å². The number of nitrogens with zero attached hydrogens (tertiary/aromatic N) is 2. The Morgan fingerprint density at radius 1 is 1.15 bits per heavy atom. The summed E-state index contributed by atoms with van der Waals surface area (Å²) in [6.07, 6.45) is 0. The molecule has 0 aliphatic rings. The SMILES string of the molecule is O=C(COC(=O)c1ccc2ccccc2n1)Nc1ccc(Cl)cc1[N+](=O)[O-]. The molecule has 2 aromatic carbocycles. The molecule has 3 aromatic rings. The van der Waals surface area contributed by atoms with Crippen LogP contribution in [0.4, 0.5) is 11.4 Å². The van der Waals surface area contributed by atoms with Crippen LogP contribution in [-0.2, 0) is 9.53 Å². The van der Waals surface area contributed by atoms with E-state index in [1.54, 1.807) is 18.2 Å². The first-order valence-corrected chi connectivity index (χ1v) is 8.08. The molecular formula is C18H12ClN3O5. The van der Waals surface area contributed by atoms with Gasteiger partial charge in [0.1, 0.15) is 11.4 Å². The molecule has 1 aromatic heterocycles. The van der Waals surface area contributed by atoms with Crippen LogP contribution in [0.15, 0.2) is 54.6 Å². The second-order valence-electron chi connectivity index (χ2n) is 5.43. The molecule has 0 atom stereocenters. The number of esters is 1. The molecule has 9 heteroatoms. The van der Waals surface area contributed by atoms with Gasteiger partial charge in [0.05, 0.1) is 10.4 Å². The Labute approximate surface area is 157 Å². The van der Waals surface area contributed by atoms with Gasteiger partial charge >= 0.3 is 5.97 Å². The largest absolute Gasteiger partial charge is 0.451 e. The lowest BCUT2D eigenvalue weighted by atomic mass is 10.2. The monoisotopic (exact) mass is 385 g/mol. The molecule has 0 saturated heterocycles. The second kappa shape index (κ2) is 7.79. The fourth-order valence-corrected chi connectivity index (χ4v) is 2.50. The van der Waals surface area contributed by atoms with E-state index < -0.39 is 23.4 Å². The predicted molar refractivity (Wildman–Crippen MR) is 98.8 cm³/mol. The zero-order valence-electron chi connectivity index (χ0n) is 13.7. The highest BCUT2D eigenvalue weighted by atomic mass is 35.5. The molecule has 0 spiro atoms. The first-order chi connectivity index (χ1) is 12.9. The van der Waals surface area contributed by atoms with Crippen LogP contribution in [0.5, 0.6) is 0 Å². The van der Waals surface area contributed by atoms with Crippen molar-refractivity contribution in [2.24, 2.45) is 0 Å². The number of nitro benzene ring substituents is 1. The van der Waals surface area contributed by atoms with Crippen LogP contribution >= 0.6 is 11.6 Å². The number of anilines is 1. The fourth-order valence-electron chi connectivity index (χ4n) is 2.33. The number of benzene rings is 2. The average molecular weight is 386 g/mol. The van der Waals surface area contributed by atoms with Gasteiger partial charge in [-0.05, 0) is 24.3 Å². The van der Waals surface area contributed by atoms with Crippen LogP contribution in [0.3, 0.4) is 0 Å². The summed E-state index contributed by atoms with van der Waals surface area (Å²) in [7, 11) is 0. The number of nitrogens with one attached hydrogen (secondary N) is 1. The maximum Gasteiger partial charge on any atom is 0.357 e. The lowest BCUT2D eigenvalue weighted by Crippen LogP contribution is -2.21. The summed E-state index contributed by atoms with van der Waals surface area (Å²) in [6.45, 7) is -0.618. The number of para-hydroxylation sites is 1. The normalized spacial score (nSPS) is 10.4. The molecule has 8 nitrogen and oxygen atoms in total. The minimum Gasteiger partial charge on any atom is -0.451 e. The molecule has 3 rings (SSSR count). The predicted octanol–water partition coefficient (Wildman–Crippen LogP) is 3.59. The standard InChI is InChI=1S/C18H12ClN3O5/c19-12-6-8-14(16(9-12)22(25)26)21-17(23)10-27-18(24)15-7-5-11-3-1-2-4-13(11)20-15/h1-9H,10H2,(H,21,23). The van der Waals surface area contributed by atoms with Gasteiger partial charge in [0.25, 0.3) is 11.6 Å². The third-order valence-electron chi connectivity index (χ3n) is 3.57. The van der Waals surface area contributed by atoms with Crippen molar-refractivity contribution in [2.45, 2.75) is 0 Å². The topological polar surface area (TPSA) is 111 Å². The summed E-state index contributed by atoms with van der Waals surface area (Å²) in [6, 6.07) is 14.3. The lowest BCUT2D eigenvalue weighted by Gasteiger charge is -2.07. The quantitative estimate of drug-likeness (QED) is 0.408. The van der Waals surface area contributed by atoms with Crippen LogP contribution in [0.2, 0.25) is 5.02 Å². The maximum atomic E-state index is 12.1. The smallest absolute Gasteiger partial charge is 0.357 e. The van der Waals surface area contributed by atoms with E-state index in [9.17, 15) is 19.7 Å². The molecule has 136 valence electrons. The van der Waals surface area contributed by atoms with Gasteiger partial charge in [-0.3, -0.25) is 14.9 Å². The van der Waals surface area contributed by atoms with E-state index in [1.165, 1.54) is 18.2 Å². The Kier molecular flexibility index (Phi) is 5.28. The number of amides is 1. The van der Waals surface area contributed by atoms with E-state index in [1.807, 2.05) is 12.1 Å². The number of aromatic nitrogens is 1. The molecule has 0 unspecified atom stereocenters. The van der Waals surface area contributed by atoms with Crippen molar-refractivity contribution in [3.63, 3.8) is 0 Å². The van der Waals surface area contributed by atoms with Crippen molar-refractivity contribution in [3.05, 3.63) is 75.4 Å². The van der Waals surface area contributed by atoms with Crippen molar-refractivity contribution in [1.29, 1.82) is 0 Å². The average Bonchev–Trinajstić information content (AvgIpc) is 2.67. The number of carbonyl (C=O) groups is 2. The van der Waals surface area contributed by atoms with Gasteiger partial charge in [-0.1, -0.05) is 35.9 Å². The number of hydrogen-bond donors (Lipinski definition) is 1. The summed E-state index contributed by atoms with van der Waals surface area (Å²) >= 11 is 5.72. The van der Waals surface area contributed by atoms with Crippen LogP contribution in [-0.4, -0.2) is 28.4 Å². The number of rotatable bonds is 5. The van der Waals surface area contributed by atoms with Crippen molar-refractivity contribution < 1.29 is 19.2 Å². The number of pyridine rings is 1. The number of nitro groups is 1. The third kappa shape index (κ3) is 4.36. The van der Waals surface area contributed by atoms with Crippen LogP contribution in [0.1, 0.15) is 10.5 Å². The minimum atomic E-state index is -0.776. The molecular weight excluding hydrogens is 374 g/mol. The Balaban J connectivity index is 1.65. The number of hydrogen-bond acceptors (Lipinski definition) is 6. The Bertz CT molecular complexity index is 1050. The number of ether oxygens (including phenoxy) is 1. The van der Waals surface area contributed by atoms with Gasteiger partial charge in [-0.25, -0.2) is 9.78 Å². The third-order valence-corrected chi connectivity index (χ3v) is 3.81. The highest BCUT2D eigenvalue weighted by Gasteiger charge is 2.18. The molecule has 1 N–H and O–H groups in total. The van der Waals surface area contributed by atoms with Crippen LogP contribution in [0, 0.1) is 10.1 Å². The molecule has 0 aliphatic heterocycles. The van der Waals surface area contributed by atoms with Crippen LogP contribution in [0.25, 0.3) is 10.9 Å². The van der Waals surface area contributed by atoms with Crippen molar-refractivity contribution in [2.75, 3.05) is 11.9 Å². The first-order valence-electron chi connectivity index (χ1n) is 7.71. The summed E-state index contributed by atoms with van der Waals surface area (Å²) in [4.78, 5) is 38.5. The second-order valence-corrected chi connectivity index (χ2v) is 5.87. The first kappa shape index (κ1) is 18.3. The minimum absolute atomic E-state index is 0.0470. The van der Waals surface area contributed by atoms with E-state index in [4.69, 9.17) is 16.3 Å². The Hall–Kier alpha value is -3.52. The van der Waals surface area contributed by atoms with Gasteiger partial charge in [0.15, 0.2) is 6.61 Å². The van der Waals surface area contributed by atoms with Gasteiger partial charge < -0.3 is 10.1 Å². The van der Waals surface area contributed by atoms with Crippen LogP contribution < -0.4 is 5.32 Å². The molecule has 0 bridgehead atoms.